The SMILES string of the molecule is CCN(CC(=O)Nc1ccccc1C(F)(F)F)C(=O)c1ccc(F)cc1F. The summed E-state index contributed by atoms with van der Waals surface area (Å²) >= 11 is 0. The van der Waals surface area contributed by atoms with Crippen molar-refractivity contribution >= 4 is 17.5 Å². The quantitative estimate of drug-likeness (QED) is 0.788. The van der Waals surface area contributed by atoms with Crippen molar-refractivity contribution in [1.29, 1.82) is 0 Å². The molecule has 144 valence electrons. The lowest BCUT2D eigenvalue weighted by Crippen LogP contribution is -2.38. The number of alkyl halides is 3. The normalized spacial score (nSPS) is 11.2. The standard InChI is InChI=1S/C18H15F5N2O2/c1-2-25(17(27)12-8-7-11(19)9-14(12)20)10-16(26)24-15-6-4-3-5-13(15)18(21,22)23/h3-9H,2,10H2,1H3,(H,24,26). The minimum Gasteiger partial charge on any atom is -0.330 e. The molecule has 9 heteroatoms. The van der Waals surface area contributed by atoms with Gasteiger partial charge in [-0.05, 0) is 31.2 Å². The van der Waals surface area contributed by atoms with Gasteiger partial charge in [0.2, 0.25) is 5.91 Å². The number of rotatable bonds is 5. The number of carbonyl (C=O) groups is 2. The number of halogens is 5. The zero-order valence-electron chi connectivity index (χ0n) is 14.1. The van der Waals surface area contributed by atoms with E-state index in [1.807, 2.05) is 0 Å². The maximum absolute atomic E-state index is 13.8. The predicted octanol–water partition coefficient (Wildman–Crippen LogP) is 4.08. The Morgan fingerprint density at radius 2 is 1.74 bits per heavy atom. The molecule has 0 heterocycles. The number of likely N-dealkylation sites (N-methyl/N-ethyl adjacent to an activating group) is 1. The van der Waals surface area contributed by atoms with Crippen LogP contribution in [0.5, 0.6) is 0 Å². The van der Waals surface area contributed by atoms with Crippen LogP contribution < -0.4 is 5.32 Å². The van der Waals surface area contributed by atoms with Gasteiger partial charge in [-0.3, -0.25) is 9.59 Å². The molecule has 27 heavy (non-hydrogen) atoms. The second kappa shape index (κ2) is 8.15. The van der Waals surface area contributed by atoms with E-state index in [-0.39, 0.29) is 6.54 Å². The number of hydrogen-bond donors (Lipinski definition) is 1. The molecule has 2 aromatic carbocycles. The lowest BCUT2D eigenvalue weighted by molar-refractivity contribution is -0.137. The minimum atomic E-state index is -4.67. The summed E-state index contributed by atoms with van der Waals surface area (Å²) in [6, 6.07) is 6.75. The fraction of sp³-hybridized carbons (Fsp3) is 0.222. The third-order valence-corrected chi connectivity index (χ3v) is 3.67. The van der Waals surface area contributed by atoms with Gasteiger partial charge in [0.1, 0.15) is 18.2 Å². The number of para-hydroxylation sites is 1. The van der Waals surface area contributed by atoms with E-state index < -0.39 is 53.0 Å². The van der Waals surface area contributed by atoms with Gasteiger partial charge in [-0.15, -0.1) is 0 Å². The predicted molar refractivity (Wildman–Crippen MR) is 88.0 cm³/mol. The summed E-state index contributed by atoms with van der Waals surface area (Å²) < 4.78 is 65.6. The summed E-state index contributed by atoms with van der Waals surface area (Å²) in [4.78, 5) is 25.4. The van der Waals surface area contributed by atoms with E-state index in [0.29, 0.717) is 6.07 Å². The Labute approximate surface area is 151 Å². The maximum Gasteiger partial charge on any atom is 0.418 e. The van der Waals surface area contributed by atoms with Crippen molar-refractivity contribution in [3.05, 3.63) is 65.2 Å². The van der Waals surface area contributed by atoms with E-state index >= 15 is 0 Å². The van der Waals surface area contributed by atoms with Crippen molar-refractivity contribution in [1.82, 2.24) is 4.90 Å². The van der Waals surface area contributed by atoms with Crippen LogP contribution in [0.3, 0.4) is 0 Å². The average Bonchev–Trinajstić information content (AvgIpc) is 2.58. The van der Waals surface area contributed by atoms with Crippen molar-refractivity contribution in [2.45, 2.75) is 13.1 Å². The summed E-state index contributed by atoms with van der Waals surface area (Å²) in [6.45, 7) is 0.901. The first-order valence-electron chi connectivity index (χ1n) is 7.84. The number of benzene rings is 2. The monoisotopic (exact) mass is 386 g/mol. The summed E-state index contributed by atoms with van der Waals surface area (Å²) in [5, 5.41) is 2.11. The molecule has 0 fully saturated rings. The Balaban J connectivity index is 2.15. The number of nitrogens with zero attached hydrogens (tertiary/aromatic N) is 1. The second-order valence-electron chi connectivity index (χ2n) is 5.54. The molecule has 0 saturated carbocycles. The summed E-state index contributed by atoms with van der Waals surface area (Å²) in [5.74, 6) is -3.73. The molecule has 2 amide bonds. The average molecular weight is 386 g/mol. The molecule has 0 bridgehead atoms. The zero-order valence-corrected chi connectivity index (χ0v) is 14.1. The number of anilines is 1. The highest BCUT2D eigenvalue weighted by Crippen LogP contribution is 2.34. The highest BCUT2D eigenvalue weighted by molar-refractivity contribution is 5.99. The molecule has 4 nitrogen and oxygen atoms in total. The largest absolute Gasteiger partial charge is 0.418 e. The smallest absolute Gasteiger partial charge is 0.330 e. The van der Waals surface area contributed by atoms with Crippen molar-refractivity contribution in [3.8, 4) is 0 Å². The highest BCUT2D eigenvalue weighted by atomic mass is 19.4. The Kier molecular flexibility index (Phi) is 6.14. The first-order chi connectivity index (χ1) is 12.6. The molecule has 0 spiro atoms. The Morgan fingerprint density at radius 1 is 1.07 bits per heavy atom. The molecule has 0 aliphatic rings. The van der Waals surface area contributed by atoms with Crippen molar-refractivity contribution < 1.29 is 31.5 Å². The van der Waals surface area contributed by atoms with Gasteiger partial charge in [0.15, 0.2) is 0 Å². The molecule has 0 atom stereocenters. The lowest BCUT2D eigenvalue weighted by Gasteiger charge is -2.21. The fourth-order valence-electron chi connectivity index (χ4n) is 2.36. The van der Waals surface area contributed by atoms with E-state index in [0.717, 1.165) is 29.2 Å². The van der Waals surface area contributed by atoms with Crippen LogP contribution in [0, 0.1) is 11.6 Å². The van der Waals surface area contributed by atoms with Crippen LogP contribution in [0.25, 0.3) is 0 Å². The lowest BCUT2D eigenvalue weighted by atomic mass is 10.1. The van der Waals surface area contributed by atoms with Gasteiger partial charge in [0.05, 0.1) is 16.8 Å². The van der Waals surface area contributed by atoms with E-state index in [9.17, 15) is 31.5 Å². The molecule has 2 rings (SSSR count). The maximum atomic E-state index is 13.8. The van der Waals surface area contributed by atoms with Crippen LogP contribution in [0.2, 0.25) is 0 Å². The van der Waals surface area contributed by atoms with Crippen LogP contribution in [-0.4, -0.2) is 29.8 Å². The molecule has 0 unspecified atom stereocenters. The first-order valence-corrected chi connectivity index (χ1v) is 7.84. The number of amides is 2. The van der Waals surface area contributed by atoms with Gasteiger partial charge in [-0.1, -0.05) is 12.1 Å². The van der Waals surface area contributed by atoms with Crippen molar-refractivity contribution in [2.24, 2.45) is 0 Å². The molecule has 1 N–H and O–H groups in total. The van der Waals surface area contributed by atoms with Gasteiger partial charge in [-0.2, -0.15) is 13.2 Å². The number of carbonyl (C=O) groups excluding carboxylic acids is 2. The zero-order chi connectivity index (χ0) is 20.2. The fourth-order valence-corrected chi connectivity index (χ4v) is 2.36. The number of hydrogen-bond acceptors (Lipinski definition) is 2. The molecule has 0 aliphatic heterocycles. The van der Waals surface area contributed by atoms with Crippen LogP contribution in [0.1, 0.15) is 22.8 Å². The van der Waals surface area contributed by atoms with Gasteiger partial charge in [0, 0.05) is 12.6 Å². The summed E-state index contributed by atoms with van der Waals surface area (Å²) in [6.07, 6.45) is -4.67. The molecule has 0 saturated heterocycles. The highest BCUT2D eigenvalue weighted by Gasteiger charge is 2.33. The van der Waals surface area contributed by atoms with E-state index in [2.05, 4.69) is 5.32 Å². The molecule has 0 radical (unpaired) electrons. The van der Waals surface area contributed by atoms with Gasteiger partial charge in [0.25, 0.3) is 5.91 Å². The second-order valence-corrected chi connectivity index (χ2v) is 5.54. The molecule has 0 aromatic heterocycles. The van der Waals surface area contributed by atoms with Gasteiger partial charge < -0.3 is 10.2 Å². The molecule has 0 aliphatic carbocycles. The van der Waals surface area contributed by atoms with Crippen LogP contribution in [0.4, 0.5) is 27.6 Å². The Bertz CT molecular complexity index is 852. The van der Waals surface area contributed by atoms with Crippen molar-refractivity contribution in [3.63, 3.8) is 0 Å². The molecular formula is C18H15F5N2O2. The third-order valence-electron chi connectivity index (χ3n) is 3.67. The van der Waals surface area contributed by atoms with Crippen LogP contribution in [-0.2, 0) is 11.0 Å². The Morgan fingerprint density at radius 3 is 2.33 bits per heavy atom. The third kappa shape index (κ3) is 5.02. The topological polar surface area (TPSA) is 49.4 Å². The van der Waals surface area contributed by atoms with Gasteiger partial charge >= 0.3 is 6.18 Å². The summed E-state index contributed by atoms with van der Waals surface area (Å²) in [7, 11) is 0. The van der Waals surface area contributed by atoms with Crippen molar-refractivity contribution in [2.75, 3.05) is 18.4 Å². The van der Waals surface area contributed by atoms with Crippen LogP contribution >= 0.6 is 0 Å². The number of nitrogens with one attached hydrogen (secondary N) is 1. The minimum absolute atomic E-state index is 0.00993. The summed E-state index contributed by atoms with van der Waals surface area (Å²) in [5.41, 5.74) is -1.93. The Hall–Kier alpha value is -2.97. The molecular weight excluding hydrogens is 371 g/mol. The van der Waals surface area contributed by atoms with Gasteiger partial charge in [-0.25, -0.2) is 8.78 Å². The molecule has 2 aromatic rings. The van der Waals surface area contributed by atoms with E-state index in [1.54, 1.807) is 0 Å². The first kappa shape index (κ1) is 20.3. The van der Waals surface area contributed by atoms with Crippen LogP contribution in [0.15, 0.2) is 42.5 Å². The van der Waals surface area contributed by atoms with E-state index in [4.69, 9.17) is 0 Å². The van der Waals surface area contributed by atoms with E-state index in [1.165, 1.54) is 19.1 Å².